The van der Waals surface area contributed by atoms with E-state index in [2.05, 4.69) is 18.7 Å². The smallest absolute Gasteiger partial charge is 0.292 e. The molecule has 0 atom stereocenters. The Labute approximate surface area is 108 Å². The van der Waals surface area contributed by atoms with Crippen molar-refractivity contribution in [3.8, 4) is 0 Å². The number of para-hydroxylation sites is 2. The van der Waals surface area contributed by atoms with Gasteiger partial charge in [0.15, 0.2) is 0 Å². The predicted octanol–water partition coefficient (Wildman–Crippen LogP) is 3.53. The average molecular weight is 251 g/mol. The zero-order chi connectivity index (χ0) is 12.5. The maximum atomic E-state index is 11.1. The number of nitrogens with zero attached hydrogens (tertiary/aromatic N) is 2. The number of hydrogen-bond donors (Lipinski definition) is 1. The third-order valence-electron chi connectivity index (χ3n) is 3.52. The van der Waals surface area contributed by atoms with Gasteiger partial charge in [0.25, 0.3) is 5.69 Å². The van der Waals surface area contributed by atoms with Gasteiger partial charge in [-0.1, -0.05) is 12.1 Å². The summed E-state index contributed by atoms with van der Waals surface area (Å²) in [5, 5.41) is 11.1. The van der Waals surface area contributed by atoms with Crippen LogP contribution in [0.4, 0.5) is 11.4 Å². The first-order valence-corrected chi connectivity index (χ1v) is 6.03. The number of benzene rings is 1. The van der Waals surface area contributed by atoms with E-state index in [1.54, 1.807) is 12.1 Å². The molecule has 2 rings (SSSR count). The quantitative estimate of drug-likeness (QED) is 0.644. The van der Waals surface area contributed by atoms with E-state index >= 15 is 0 Å². The third-order valence-corrected chi connectivity index (χ3v) is 3.52. The number of rotatable bonds is 2. The van der Waals surface area contributed by atoms with E-state index < -0.39 is 0 Å². The standard InChI is InChI=1S/C13H18N2O2.H3N/c1-13(2)9-5-6-10-14(13)11-7-3-4-8-12(11)15(16)17;/h3-4,7-8H,5-6,9-10H2,1-2H3;1H3. The number of hydrogen-bond acceptors (Lipinski definition) is 4. The van der Waals surface area contributed by atoms with Crippen molar-refractivity contribution < 1.29 is 4.92 Å². The van der Waals surface area contributed by atoms with Gasteiger partial charge in [-0.2, -0.15) is 0 Å². The summed E-state index contributed by atoms with van der Waals surface area (Å²) < 4.78 is 0. The van der Waals surface area contributed by atoms with Crippen LogP contribution in [0.15, 0.2) is 24.3 Å². The number of nitro groups is 1. The SMILES string of the molecule is CC1(C)CCCCN1c1ccccc1[N+](=O)[O-].N. The van der Waals surface area contributed by atoms with Crippen LogP contribution in [0.3, 0.4) is 0 Å². The summed E-state index contributed by atoms with van der Waals surface area (Å²) in [6.07, 6.45) is 3.39. The van der Waals surface area contributed by atoms with Gasteiger partial charge < -0.3 is 11.1 Å². The fourth-order valence-electron chi connectivity index (χ4n) is 2.56. The molecule has 5 heteroatoms. The molecule has 100 valence electrons. The van der Waals surface area contributed by atoms with Crippen LogP contribution in [0.5, 0.6) is 0 Å². The Morgan fingerprint density at radius 3 is 2.56 bits per heavy atom. The molecule has 0 bridgehead atoms. The topological polar surface area (TPSA) is 81.4 Å². The monoisotopic (exact) mass is 251 g/mol. The van der Waals surface area contributed by atoms with Crippen LogP contribution < -0.4 is 11.1 Å². The Bertz CT molecular complexity index is 432. The molecule has 0 unspecified atom stereocenters. The van der Waals surface area contributed by atoms with E-state index in [1.165, 1.54) is 6.42 Å². The van der Waals surface area contributed by atoms with Crippen LogP contribution in [0.25, 0.3) is 0 Å². The zero-order valence-corrected chi connectivity index (χ0v) is 11.1. The van der Waals surface area contributed by atoms with Crippen LogP contribution in [0.2, 0.25) is 0 Å². The van der Waals surface area contributed by atoms with Crippen molar-refractivity contribution in [1.29, 1.82) is 0 Å². The summed E-state index contributed by atoms with van der Waals surface area (Å²) in [6, 6.07) is 7.02. The van der Waals surface area contributed by atoms with E-state index in [-0.39, 0.29) is 22.3 Å². The van der Waals surface area contributed by atoms with Gasteiger partial charge in [0.1, 0.15) is 5.69 Å². The molecule has 1 aliphatic rings. The normalized spacial score (nSPS) is 18.0. The summed E-state index contributed by atoms with van der Waals surface area (Å²) in [5.74, 6) is 0. The van der Waals surface area contributed by atoms with Crippen LogP contribution in [0.1, 0.15) is 33.1 Å². The highest BCUT2D eigenvalue weighted by Crippen LogP contribution is 2.37. The molecule has 0 saturated carbocycles. The summed E-state index contributed by atoms with van der Waals surface area (Å²) in [5.41, 5.74) is 0.967. The summed E-state index contributed by atoms with van der Waals surface area (Å²) in [6.45, 7) is 5.21. The van der Waals surface area contributed by atoms with E-state index in [4.69, 9.17) is 0 Å². The Morgan fingerprint density at radius 2 is 1.94 bits per heavy atom. The molecule has 1 fully saturated rings. The molecule has 1 heterocycles. The third kappa shape index (κ3) is 2.61. The van der Waals surface area contributed by atoms with Crippen molar-refractivity contribution in [3.05, 3.63) is 34.4 Å². The molecule has 1 saturated heterocycles. The van der Waals surface area contributed by atoms with Crippen molar-refractivity contribution in [3.63, 3.8) is 0 Å². The molecule has 0 radical (unpaired) electrons. The maximum absolute atomic E-state index is 11.1. The van der Waals surface area contributed by atoms with E-state index in [0.717, 1.165) is 25.1 Å². The minimum Gasteiger partial charge on any atom is -0.361 e. The second-order valence-corrected chi connectivity index (χ2v) is 5.17. The zero-order valence-electron chi connectivity index (χ0n) is 11.1. The van der Waals surface area contributed by atoms with E-state index in [9.17, 15) is 10.1 Å². The van der Waals surface area contributed by atoms with Crippen molar-refractivity contribution in [2.75, 3.05) is 11.4 Å². The largest absolute Gasteiger partial charge is 0.361 e. The van der Waals surface area contributed by atoms with Gasteiger partial charge in [0.2, 0.25) is 0 Å². The first kappa shape index (κ1) is 14.4. The summed E-state index contributed by atoms with van der Waals surface area (Å²) in [4.78, 5) is 12.9. The van der Waals surface area contributed by atoms with Crippen LogP contribution >= 0.6 is 0 Å². The molecule has 0 amide bonds. The lowest BCUT2D eigenvalue weighted by molar-refractivity contribution is -0.384. The van der Waals surface area contributed by atoms with Crippen LogP contribution in [-0.4, -0.2) is 17.0 Å². The van der Waals surface area contributed by atoms with Gasteiger partial charge in [-0.3, -0.25) is 10.1 Å². The summed E-state index contributed by atoms with van der Waals surface area (Å²) >= 11 is 0. The molecular formula is C13H21N3O2. The molecule has 0 aromatic heterocycles. The Kier molecular flexibility index (Phi) is 4.29. The number of anilines is 1. The molecule has 18 heavy (non-hydrogen) atoms. The highest BCUT2D eigenvalue weighted by molar-refractivity contribution is 5.64. The van der Waals surface area contributed by atoms with Crippen molar-refractivity contribution >= 4 is 11.4 Å². The van der Waals surface area contributed by atoms with Crippen LogP contribution in [0, 0.1) is 10.1 Å². The summed E-state index contributed by atoms with van der Waals surface area (Å²) in [7, 11) is 0. The lowest BCUT2D eigenvalue weighted by Gasteiger charge is -2.43. The molecule has 5 nitrogen and oxygen atoms in total. The predicted molar refractivity (Wildman–Crippen MR) is 73.4 cm³/mol. The lowest BCUT2D eigenvalue weighted by atomic mass is 9.89. The lowest BCUT2D eigenvalue weighted by Crippen LogP contribution is -2.47. The van der Waals surface area contributed by atoms with Gasteiger partial charge in [-0.15, -0.1) is 0 Å². The molecular weight excluding hydrogens is 230 g/mol. The fourth-order valence-corrected chi connectivity index (χ4v) is 2.56. The second kappa shape index (κ2) is 5.35. The number of nitro benzene ring substituents is 1. The van der Waals surface area contributed by atoms with Crippen molar-refractivity contribution in [2.45, 2.75) is 38.6 Å². The first-order valence-electron chi connectivity index (χ1n) is 6.03. The maximum Gasteiger partial charge on any atom is 0.292 e. The first-order chi connectivity index (χ1) is 8.02. The van der Waals surface area contributed by atoms with Crippen LogP contribution in [-0.2, 0) is 0 Å². The molecule has 1 aromatic rings. The highest BCUT2D eigenvalue weighted by atomic mass is 16.6. The second-order valence-electron chi connectivity index (χ2n) is 5.17. The molecule has 1 aromatic carbocycles. The average Bonchev–Trinajstić information content (AvgIpc) is 2.28. The highest BCUT2D eigenvalue weighted by Gasteiger charge is 2.33. The molecule has 1 aliphatic heterocycles. The van der Waals surface area contributed by atoms with Crippen molar-refractivity contribution in [2.24, 2.45) is 0 Å². The van der Waals surface area contributed by atoms with Gasteiger partial charge in [0, 0.05) is 18.2 Å². The van der Waals surface area contributed by atoms with E-state index in [1.807, 2.05) is 12.1 Å². The van der Waals surface area contributed by atoms with E-state index in [0.29, 0.717) is 0 Å². The minimum absolute atomic E-state index is 0. The molecule has 0 aliphatic carbocycles. The van der Waals surface area contributed by atoms with Gasteiger partial charge in [-0.25, -0.2) is 0 Å². The minimum atomic E-state index is -0.292. The fraction of sp³-hybridized carbons (Fsp3) is 0.538. The van der Waals surface area contributed by atoms with Gasteiger partial charge >= 0.3 is 0 Å². The van der Waals surface area contributed by atoms with Crippen molar-refractivity contribution in [1.82, 2.24) is 6.15 Å². The number of piperidine rings is 1. The Balaban J connectivity index is 0.00000162. The van der Waals surface area contributed by atoms with Gasteiger partial charge in [0.05, 0.1) is 4.92 Å². The van der Waals surface area contributed by atoms with Gasteiger partial charge in [-0.05, 0) is 39.2 Å². The molecule has 0 spiro atoms. The molecule has 3 N–H and O–H groups in total. The Morgan fingerprint density at radius 1 is 1.28 bits per heavy atom. The Hall–Kier alpha value is -1.62.